The van der Waals surface area contributed by atoms with Crippen LogP contribution in [0.15, 0.2) is 65.6 Å². The van der Waals surface area contributed by atoms with Gasteiger partial charge in [-0.15, -0.1) is 0 Å². The van der Waals surface area contributed by atoms with Crippen LogP contribution in [0, 0.1) is 12.7 Å². The number of carbonyl (C=O) groups excluding carboxylic acids is 1. The Morgan fingerprint density at radius 1 is 1.10 bits per heavy atom. The maximum atomic E-state index is 13.9. The summed E-state index contributed by atoms with van der Waals surface area (Å²) in [5.41, 5.74) is 0.927. The van der Waals surface area contributed by atoms with Crippen molar-refractivity contribution in [3.8, 4) is 5.69 Å². The molecule has 4 rings (SSSR count). The number of carbonyl (C=O) groups is 1. The zero-order valence-electron chi connectivity index (χ0n) is 15.2. The second-order valence-corrected chi connectivity index (χ2v) is 6.68. The smallest absolute Gasteiger partial charge is 0.267 e. The van der Waals surface area contributed by atoms with E-state index in [1.54, 1.807) is 49.5 Å². The summed E-state index contributed by atoms with van der Waals surface area (Å²) < 4.78 is 15.4. The van der Waals surface area contributed by atoms with Gasteiger partial charge in [0.15, 0.2) is 5.65 Å². The molecule has 4 aromatic rings. The second-order valence-electron chi connectivity index (χ2n) is 6.27. The normalized spacial score (nSPS) is 10.9. The molecule has 1 N–H and O–H groups in total. The second kappa shape index (κ2) is 7.44. The minimum absolute atomic E-state index is 0.0251. The van der Waals surface area contributed by atoms with Gasteiger partial charge in [0.25, 0.3) is 11.5 Å². The molecule has 0 atom stereocenters. The van der Waals surface area contributed by atoms with E-state index in [4.69, 9.17) is 11.6 Å². The summed E-state index contributed by atoms with van der Waals surface area (Å²) in [5, 5.41) is 3.03. The number of benzene rings is 2. The van der Waals surface area contributed by atoms with Crippen molar-refractivity contribution in [3.05, 3.63) is 93.4 Å². The molecule has 0 saturated heterocycles. The van der Waals surface area contributed by atoms with Crippen LogP contribution in [0.4, 0.5) is 10.1 Å². The Morgan fingerprint density at radius 2 is 1.86 bits per heavy atom. The Labute approximate surface area is 169 Å². The Balaban J connectivity index is 1.66. The third-order valence-corrected chi connectivity index (χ3v) is 4.70. The largest absolute Gasteiger partial charge is 0.322 e. The number of amides is 1. The third kappa shape index (κ3) is 3.48. The molecule has 0 aliphatic rings. The molecule has 0 spiro atoms. The van der Waals surface area contributed by atoms with Crippen molar-refractivity contribution >= 4 is 34.2 Å². The molecule has 0 aliphatic heterocycles. The highest BCUT2D eigenvalue weighted by molar-refractivity contribution is 6.34. The van der Waals surface area contributed by atoms with Gasteiger partial charge in [0.05, 0.1) is 21.7 Å². The first kappa shape index (κ1) is 18.8. The number of halogens is 2. The first-order chi connectivity index (χ1) is 14.0. The number of nitrogens with zero attached hydrogens (tertiary/aromatic N) is 3. The number of nitrogens with one attached hydrogen (secondary N) is 1. The van der Waals surface area contributed by atoms with E-state index in [9.17, 15) is 14.0 Å². The van der Waals surface area contributed by atoms with Gasteiger partial charge in [-0.25, -0.2) is 14.4 Å². The molecular formula is C21H14ClFN4O2. The van der Waals surface area contributed by atoms with Crippen LogP contribution >= 0.6 is 11.6 Å². The van der Waals surface area contributed by atoms with Gasteiger partial charge in [0, 0.05) is 11.9 Å². The number of hydrogen-bond donors (Lipinski definition) is 1. The van der Waals surface area contributed by atoms with Gasteiger partial charge in [-0.1, -0.05) is 17.7 Å². The fourth-order valence-corrected chi connectivity index (χ4v) is 3.28. The zero-order chi connectivity index (χ0) is 20.5. The zero-order valence-corrected chi connectivity index (χ0v) is 15.9. The summed E-state index contributed by atoms with van der Waals surface area (Å²) in [5.74, 6) is -0.881. The van der Waals surface area contributed by atoms with Crippen molar-refractivity contribution in [1.82, 2.24) is 14.5 Å². The molecule has 144 valence electrons. The number of aryl methyl sites for hydroxylation is 1. The van der Waals surface area contributed by atoms with Gasteiger partial charge < -0.3 is 5.32 Å². The lowest BCUT2D eigenvalue weighted by atomic mass is 10.2. The molecule has 0 bridgehead atoms. The van der Waals surface area contributed by atoms with Crippen molar-refractivity contribution in [3.63, 3.8) is 0 Å². The summed E-state index contributed by atoms with van der Waals surface area (Å²) in [7, 11) is 0. The fourth-order valence-electron chi connectivity index (χ4n) is 3.03. The summed E-state index contributed by atoms with van der Waals surface area (Å²) in [4.78, 5) is 33.7. The Bertz CT molecular complexity index is 1280. The monoisotopic (exact) mass is 408 g/mol. The van der Waals surface area contributed by atoms with Crippen LogP contribution in [-0.4, -0.2) is 20.4 Å². The van der Waals surface area contributed by atoms with Crippen LogP contribution in [0.2, 0.25) is 5.02 Å². The molecule has 0 radical (unpaired) electrons. The lowest BCUT2D eigenvalue weighted by Gasteiger charge is -2.12. The summed E-state index contributed by atoms with van der Waals surface area (Å²) in [6.45, 7) is 1.71. The van der Waals surface area contributed by atoms with Crippen molar-refractivity contribution in [2.24, 2.45) is 0 Å². The SMILES string of the molecule is Cc1nc2ncccc2c(=O)n1-c1ccc(NC(=O)c2c(F)cccc2Cl)cc1. The van der Waals surface area contributed by atoms with E-state index in [2.05, 4.69) is 15.3 Å². The molecule has 2 aromatic carbocycles. The number of rotatable bonds is 3. The minimum Gasteiger partial charge on any atom is -0.322 e. The van der Waals surface area contributed by atoms with Crippen molar-refractivity contribution < 1.29 is 9.18 Å². The van der Waals surface area contributed by atoms with Gasteiger partial charge in [-0.05, 0) is 55.5 Å². The van der Waals surface area contributed by atoms with E-state index in [1.807, 2.05) is 0 Å². The summed E-state index contributed by atoms with van der Waals surface area (Å²) >= 11 is 5.93. The van der Waals surface area contributed by atoms with Crippen molar-refractivity contribution in [2.45, 2.75) is 6.92 Å². The highest BCUT2D eigenvalue weighted by atomic mass is 35.5. The molecule has 0 aliphatic carbocycles. The van der Waals surface area contributed by atoms with E-state index in [-0.39, 0.29) is 16.1 Å². The van der Waals surface area contributed by atoms with Crippen LogP contribution < -0.4 is 10.9 Å². The molecular weight excluding hydrogens is 395 g/mol. The summed E-state index contributed by atoms with van der Waals surface area (Å²) in [6.07, 6.45) is 1.58. The van der Waals surface area contributed by atoms with Crippen LogP contribution in [0.3, 0.4) is 0 Å². The number of pyridine rings is 1. The third-order valence-electron chi connectivity index (χ3n) is 4.38. The van der Waals surface area contributed by atoms with Gasteiger partial charge in [-0.3, -0.25) is 14.2 Å². The topological polar surface area (TPSA) is 76.9 Å². The molecule has 0 unspecified atom stereocenters. The highest BCUT2D eigenvalue weighted by Gasteiger charge is 2.16. The van der Waals surface area contributed by atoms with E-state index in [0.29, 0.717) is 28.2 Å². The van der Waals surface area contributed by atoms with E-state index in [0.717, 1.165) is 0 Å². The van der Waals surface area contributed by atoms with Gasteiger partial charge >= 0.3 is 0 Å². The highest BCUT2D eigenvalue weighted by Crippen LogP contribution is 2.21. The van der Waals surface area contributed by atoms with Crippen LogP contribution in [0.25, 0.3) is 16.7 Å². The molecule has 29 heavy (non-hydrogen) atoms. The van der Waals surface area contributed by atoms with E-state index >= 15 is 0 Å². The maximum absolute atomic E-state index is 13.9. The van der Waals surface area contributed by atoms with E-state index in [1.165, 1.54) is 22.8 Å². The molecule has 2 aromatic heterocycles. The predicted octanol–water partition coefficient (Wildman–Crippen LogP) is 4.13. The predicted molar refractivity (Wildman–Crippen MR) is 109 cm³/mol. The Hall–Kier alpha value is -3.58. The minimum atomic E-state index is -0.704. The van der Waals surface area contributed by atoms with Gasteiger partial charge in [-0.2, -0.15) is 0 Å². The molecule has 1 amide bonds. The average Bonchev–Trinajstić information content (AvgIpc) is 2.69. The van der Waals surface area contributed by atoms with Crippen LogP contribution in [0.5, 0.6) is 0 Å². The standard InChI is InChI=1S/C21H14ClFN4O2/c1-12-25-19-15(4-3-11-24-19)21(29)27(12)14-9-7-13(8-10-14)26-20(28)18-16(22)5-2-6-17(18)23/h2-11H,1H3,(H,26,28). The molecule has 8 heteroatoms. The van der Waals surface area contributed by atoms with Crippen LogP contribution in [0.1, 0.15) is 16.2 Å². The van der Waals surface area contributed by atoms with Crippen molar-refractivity contribution in [1.29, 1.82) is 0 Å². The van der Waals surface area contributed by atoms with Gasteiger partial charge in [0.2, 0.25) is 0 Å². The number of anilines is 1. The average molecular weight is 409 g/mol. The molecule has 0 saturated carbocycles. The first-order valence-electron chi connectivity index (χ1n) is 8.66. The lowest BCUT2D eigenvalue weighted by molar-refractivity contribution is 0.102. The first-order valence-corrected chi connectivity index (χ1v) is 9.03. The molecule has 2 heterocycles. The van der Waals surface area contributed by atoms with E-state index < -0.39 is 11.7 Å². The lowest BCUT2D eigenvalue weighted by Crippen LogP contribution is -2.22. The number of aromatic nitrogens is 3. The Morgan fingerprint density at radius 3 is 2.59 bits per heavy atom. The molecule has 0 fully saturated rings. The number of hydrogen-bond acceptors (Lipinski definition) is 4. The quantitative estimate of drug-likeness (QED) is 0.553. The Kier molecular flexibility index (Phi) is 4.82. The molecule has 6 nitrogen and oxygen atoms in total. The summed E-state index contributed by atoms with van der Waals surface area (Å²) in [6, 6.07) is 13.9. The van der Waals surface area contributed by atoms with Gasteiger partial charge in [0.1, 0.15) is 11.6 Å². The maximum Gasteiger partial charge on any atom is 0.267 e. The van der Waals surface area contributed by atoms with Crippen LogP contribution in [-0.2, 0) is 0 Å². The number of fused-ring (bicyclic) bond motifs is 1. The fraction of sp³-hybridized carbons (Fsp3) is 0.0476. The van der Waals surface area contributed by atoms with Crippen molar-refractivity contribution in [2.75, 3.05) is 5.32 Å².